The van der Waals surface area contributed by atoms with Gasteiger partial charge < -0.3 is 10.1 Å². The molecule has 3 rings (SSSR count). The van der Waals surface area contributed by atoms with Crippen molar-refractivity contribution in [2.45, 2.75) is 58.7 Å². The molecule has 0 unspecified atom stereocenters. The SMILES string of the molecule is CC[C@H](Oc1ccc(C)cc1)C(=O)NCc1ccccc1CN1CCCCC1. The smallest absolute Gasteiger partial charge is 0.261 e. The predicted octanol–water partition coefficient (Wildman–Crippen LogP) is 4.45. The zero-order valence-corrected chi connectivity index (χ0v) is 17.1. The molecule has 0 radical (unpaired) electrons. The topological polar surface area (TPSA) is 41.6 Å². The molecule has 0 aromatic heterocycles. The maximum atomic E-state index is 12.7. The molecule has 1 aliphatic rings. The maximum absolute atomic E-state index is 12.7. The van der Waals surface area contributed by atoms with Gasteiger partial charge in [0.05, 0.1) is 0 Å². The minimum absolute atomic E-state index is 0.0594. The maximum Gasteiger partial charge on any atom is 0.261 e. The number of aryl methyl sites for hydroxylation is 1. The Morgan fingerprint density at radius 3 is 2.39 bits per heavy atom. The Morgan fingerprint density at radius 2 is 1.71 bits per heavy atom. The van der Waals surface area contributed by atoms with E-state index in [1.54, 1.807) is 0 Å². The molecule has 1 saturated heterocycles. The van der Waals surface area contributed by atoms with Gasteiger partial charge in [0, 0.05) is 13.1 Å². The van der Waals surface area contributed by atoms with Crippen molar-refractivity contribution in [2.24, 2.45) is 0 Å². The molecule has 0 aliphatic carbocycles. The van der Waals surface area contributed by atoms with Gasteiger partial charge in [0.2, 0.25) is 0 Å². The van der Waals surface area contributed by atoms with Crippen LogP contribution in [0.1, 0.15) is 49.3 Å². The summed E-state index contributed by atoms with van der Waals surface area (Å²) in [5.74, 6) is 0.675. The number of hydrogen-bond acceptors (Lipinski definition) is 3. The molecule has 1 aliphatic heterocycles. The fourth-order valence-electron chi connectivity index (χ4n) is 3.64. The van der Waals surface area contributed by atoms with Crippen molar-refractivity contribution < 1.29 is 9.53 Å². The number of likely N-dealkylation sites (tertiary alicyclic amines) is 1. The van der Waals surface area contributed by atoms with Gasteiger partial charge >= 0.3 is 0 Å². The average molecular weight is 381 g/mol. The molecular weight excluding hydrogens is 348 g/mol. The monoisotopic (exact) mass is 380 g/mol. The number of nitrogens with one attached hydrogen (secondary N) is 1. The van der Waals surface area contributed by atoms with Crippen LogP contribution < -0.4 is 10.1 Å². The average Bonchev–Trinajstić information content (AvgIpc) is 2.73. The van der Waals surface area contributed by atoms with E-state index in [-0.39, 0.29) is 5.91 Å². The molecule has 1 heterocycles. The van der Waals surface area contributed by atoms with Crippen molar-refractivity contribution in [3.63, 3.8) is 0 Å². The first-order valence-corrected chi connectivity index (χ1v) is 10.5. The van der Waals surface area contributed by atoms with Gasteiger partial charge in [-0.2, -0.15) is 0 Å². The van der Waals surface area contributed by atoms with Gasteiger partial charge in [-0.15, -0.1) is 0 Å². The molecule has 150 valence electrons. The molecular formula is C24H32N2O2. The summed E-state index contributed by atoms with van der Waals surface area (Å²) in [5.41, 5.74) is 3.67. The molecule has 1 fully saturated rings. The van der Waals surface area contributed by atoms with Gasteiger partial charge in [-0.1, -0.05) is 55.3 Å². The quantitative estimate of drug-likeness (QED) is 0.735. The van der Waals surface area contributed by atoms with E-state index in [1.165, 1.54) is 49.0 Å². The van der Waals surface area contributed by atoms with E-state index in [0.29, 0.717) is 13.0 Å². The van der Waals surface area contributed by atoms with Crippen molar-refractivity contribution in [3.8, 4) is 5.75 Å². The Labute approximate surface area is 168 Å². The number of nitrogens with zero attached hydrogens (tertiary/aromatic N) is 1. The molecule has 2 aromatic carbocycles. The number of amides is 1. The second kappa shape index (κ2) is 10.3. The molecule has 0 saturated carbocycles. The summed E-state index contributed by atoms with van der Waals surface area (Å²) < 4.78 is 5.90. The van der Waals surface area contributed by atoms with Crippen LogP contribution in [0.25, 0.3) is 0 Å². The second-order valence-electron chi connectivity index (χ2n) is 7.65. The first kappa shape index (κ1) is 20.4. The predicted molar refractivity (Wildman–Crippen MR) is 113 cm³/mol. The van der Waals surface area contributed by atoms with Crippen LogP contribution in [0.15, 0.2) is 48.5 Å². The summed E-state index contributed by atoms with van der Waals surface area (Å²) in [7, 11) is 0. The Kier molecular flexibility index (Phi) is 7.49. The van der Waals surface area contributed by atoms with Crippen LogP contribution in [0.4, 0.5) is 0 Å². The Balaban J connectivity index is 1.57. The van der Waals surface area contributed by atoms with E-state index in [4.69, 9.17) is 4.74 Å². The first-order valence-electron chi connectivity index (χ1n) is 10.5. The van der Waals surface area contributed by atoms with Gasteiger partial charge in [-0.25, -0.2) is 0 Å². The Bertz CT molecular complexity index is 751. The van der Waals surface area contributed by atoms with Crippen molar-refractivity contribution in [3.05, 3.63) is 65.2 Å². The van der Waals surface area contributed by atoms with Gasteiger partial charge in [0.15, 0.2) is 6.10 Å². The minimum atomic E-state index is -0.475. The third-order valence-corrected chi connectivity index (χ3v) is 5.38. The lowest BCUT2D eigenvalue weighted by Gasteiger charge is -2.27. The highest BCUT2D eigenvalue weighted by molar-refractivity contribution is 5.81. The normalized spacial score (nSPS) is 15.8. The molecule has 0 bridgehead atoms. The van der Waals surface area contributed by atoms with Crippen molar-refractivity contribution in [1.82, 2.24) is 10.2 Å². The number of benzene rings is 2. The van der Waals surface area contributed by atoms with Crippen LogP contribution in [-0.4, -0.2) is 30.0 Å². The molecule has 28 heavy (non-hydrogen) atoms. The van der Waals surface area contributed by atoms with Crippen LogP contribution in [0.5, 0.6) is 5.75 Å². The van der Waals surface area contributed by atoms with E-state index in [1.807, 2.05) is 44.2 Å². The summed E-state index contributed by atoms with van der Waals surface area (Å²) in [4.78, 5) is 15.2. The fraction of sp³-hybridized carbons (Fsp3) is 0.458. The zero-order valence-electron chi connectivity index (χ0n) is 17.1. The fourth-order valence-corrected chi connectivity index (χ4v) is 3.64. The number of carbonyl (C=O) groups excluding carboxylic acids is 1. The second-order valence-corrected chi connectivity index (χ2v) is 7.65. The lowest BCUT2D eigenvalue weighted by atomic mass is 10.0. The third-order valence-electron chi connectivity index (χ3n) is 5.38. The van der Waals surface area contributed by atoms with E-state index < -0.39 is 6.10 Å². The highest BCUT2D eigenvalue weighted by atomic mass is 16.5. The van der Waals surface area contributed by atoms with E-state index in [9.17, 15) is 4.79 Å². The van der Waals surface area contributed by atoms with Gasteiger partial charge in [0.25, 0.3) is 5.91 Å². The van der Waals surface area contributed by atoms with Crippen LogP contribution in [0.3, 0.4) is 0 Å². The lowest BCUT2D eigenvalue weighted by Crippen LogP contribution is -2.38. The van der Waals surface area contributed by atoms with Crippen molar-refractivity contribution >= 4 is 5.91 Å². The molecule has 0 spiro atoms. The Morgan fingerprint density at radius 1 is 1.04 bits per heavy atom. The highest BCUT2D eigenvalue weighted by Crippen LogP contribution is 2.17. The van der Waals surface area contributed by atoms with E-state index in [2.05, 4.69) is 28.4 Å². The van der Waals surface area contributed by atoms with Gasteiger partial charge in [0.1, 0.15) is 5.75 Å². The summed E-state index contributed by atoms with van der Waals surface area (Å²) in [6.07, 6.45) is 4.07. The number of ether oxygens (including phenoxy) is 1. The first-order chi connectivity index (χ1) is 13.7. The molecule has 1 atom stereocenters. The van der Waals surface area contributed by atoms with Crippen LogP contribution in [0, 0.1) is 6.92 Å². The molecule has 2 aromatic rings. The van der Waals surface area contributed by atoms with Gasteiger partial charge in [-0.3, -0.25) is 9.69 Å². The number of carbonyl (C=O) groups is 1. The van der Waals surface area contributed by atoms with Gasteiger partial charge in [-0.05, 0) is 62.5 Å². The number of piperidine rings is 1. The third kappa shape index (κ3) is 5.83. The standard InChI is InChI=1S/C24H32N2O2/c1-3-23(28-22-13-11-19(2)12-14-22)24(27)25-17-20-9-5-6-10-21(20)18-26-15-7-4-8-16-26/h5-6,9-14,23H,3-4,7-8,15-18H2,1-2H3,(H,25,27)/t23-/m0/s1. The van der Waals surface area contributed by atoms with Crippen molar-refractivity contribution in [2.75, 3.05) is 13.1 Å². The van der Waals surface area contributed by atoms with Crippen LogP contribution >= 0.6 is 0 Å². The summed E-state index contributed by atoms with van der Waals surface area (Å²) in [5, 5.41) is 3.08. The lowest BCUT2D eigenvalue weighted by molar-refractivity contribution is -0.128. The molecule has 4 heteroatoms. The molecule has 1 amide bonds. The molecule has 4 nitrogen and oxygen atoms in total. The largest absolute Gasteiger partial charge is 0.481 e. The Hall–Kier alpha value is -2.33. The van der Waals surface area contributed by atoms with E-state index in [0.717, 1.165) is 12.3 Å². The minimum Gasteiger partial charge on any atom is -0.481 e. The number of hydrogen-bond donors (Lipinski definition) is 1. The number of rotatable bonds is 8. The van der Waals surface area contributed by atoms with Crippen LogP contribution in [0.2, 0.25) is 0 Å². The zero-order chi connectivity index (χ0) is 19.8. The summed E-state index contributed by atoms with van der Waals surface area (Å²) in [6.45, 7) is 7.85. The van der Waals surface area contributed by atoms with Crippen molar-refractivity contribution in [1.29, 1.82) is 0 Å². The highest BCUT2D eigenvalue weighted by Gasteiger charge is 2.19. The summed E-state index contributed by atoms with van der Waals surface area (Å²) >= 11 is 0. The van der Waals surface area contributed by atoms with E-state index >= 15 is 0 Å². The molecule has 1 N–H and O–H groups in total. The summed E-state index contributed by atoms with van der Waals surface area (Å²) in [6, 6.07) is 16.2. The van der Waals surface area contributed by atoms with Crippen LogP contribution in [-0.2, 0) is 17.9 Å².